The van der Waals surface area contributed by atoms with E-state index in [9.17, 15) is 13.8 Å². The molecule has 1 aromatic rings. The standard InChI is InChI=1S/C10H13FN3O5P/c1-5-3-14(10(15)13-9(5)12)8-2-6(11)7(19-8)4-18-20(16)17/h3,6-8H,2,4H2,1H3,(H2-,12,13,15,16,17)/p+1/t6-,7+,8+/m0/s1. The van der Waals surface area contributed by atoms with E-state index in [4.69, 9.17) is 15.4 Å². The molecular weight excluding hydrogens is 292 g/mol. The second-order valence-electron chi connectivity index (χ2n) is 4.41. The zero-order valence-corrected chi connectivity index (χ0v) is 11.5. The van der Waals surface area contributed by atoms with Gasteiger partial charge in [-0.2, -0.15) is 4.98 Å². The number of aryl methyl sites for hydroxylation is 1. The van der Waals surface area contributed by atoms with Gasteiger partial charge in [0.05, 0.1) is 0 Å². The van der Waals surface area contributed by atoms with Crippen LogP contribution >= 0.6 is 8.25 Å². The minimum absolute atomic E-state index is 0.0683. The first kappa shape index (κ1) is 15.0. The lowest BCUT2D eigenvalue weighted by Gasteiger charge is -2.15. The van der Waals surface area contributed by atoms with Crippen LogP contribution in [0, 0.1) is 6.92 Å². The summed E-state index contributed by atoms with van der Waals surface area (Å²) in [6, 6.07) is 0. The molecule has 0 radical (unpaired) electrons. The van der Waals surface area contributed by atoms with E-state index >= 15 is 0 Å². The van der Waals surface area contributed by atoms with Crippen LogP contribution in [0.1, 0.15) is 18.2 Å². The topological polar surface area (TPSA) is 117 Å². The average molecular weight is 306 g/mol. The fourth-order valence-corrected chi connectivity index (χ4v) is 2.21. The van der Waals surface area contributed by atoms with Crippen LogP contribution in [0.4, 0.5) is 10.2 Å². The van der Waals surface area contributed by atoms with Crippen molar-refractivity contribution in [1.29, 1.82) is 0 Å². The summed E-state index contributed by atoms with van der Waals surface area (Å²) in [4.78, 5) is 23.8. The van der Waals surface area contributed by atoms with Crippen molar-refractivity contribution in [3.8, 4) is 0 Å². The minimum atomic E-state index is -2.81. The van der Waals surface area contributed by atoms with Gasteiger partial charge in [-0.1, -0.05) is 0 Å². The molecule has 1 aliphatic heterocycles. The fraction of sp³-hybridized carbons (Fsp3) is 0.600. The largest absolute Gasteiger partial charge is 0.694 e. The lowest BCUT2D eigenvalue weighted by atomic mass is 10.2. The van der Waals surface area contributed by atoms with E-state index in [0.717, 1.165) is 4.57 Å². The predicted octanol–water partition coefficient (Wildman–Crippen LogP) is 0.426. The van der Waals surface area contributed by atoms with Gasteiger partial charge in [-0.15, -0.1) is 9.42 Å². The first-order chi connectivity index (χ1) is 9.38. The molecule has 2 rings (SSSR count). The average Bonchev–Trinajstić information content (AvgIpc) is 2.72. The first-order valence-corrected chi connectivity index (χ1v) is 6.95. The quantitative estimate of drug-likeness (QED) is 0.774. The van der Waals surface area contributed by atoms with Crippen molar-refractivity contribution in [3.05, 3.63) is 22.2 Å². The highest BCUT2D eigenvalue weighted by Gasteiger charge is 2.39. The Morgan fingerprint density at radius 3 is 3.10 bits per heavy atom. The molecule has 3 N–H and O–H groups in total. The molecule has 10 heteroatoms. The third kappa shape index (κ3) is 3.18. The van der Waals surface area contributed by atoms with Gasteiger partial charge in [0.2, 0.25) is 0 Å². The van der Waals surface area contributed by atoms with Crippen LogP contribution in [-0.2, 0) is 13.8 Å². The highest BCUT2D eigenvalue weighted by Crippen LogP contribution is 2.31. The summed E-state index contributed by atoms with van der Waals surface area (Å²) in [5.41, 5.74) is 5.44. The molecule has 20 heavy (non-hydrogen) atoms. The maximum atomic E-state index is 13.7. The fourth-order valence-electron chi connectivity index (χ4n) is 1.93. The first-order valence-electron chi connectivity index (χ1n) is 5.82. The van der Waals surface area contributed by atoms with Gasteiger partial charge >= 0.3 is 13.9 Å². The molecule has 1 unspecified atom stereocenters. The molecule has 1 aliphatic rings. The second-order valence-corrected chi connectivity index (χ2v) is 5.15. The van der Waals surface area contributed by atoms with Crippen LogP contribution < -0.4 is 11.4 Å². The van der Waals surface area contributed by atoms with E-state index in [1.165, 1.54) is 6.20 Å². The van der Waals surface area contributed by atoms with Crippen molar-refractivity contribution >= 4 is 14.1 Å². The molecule has 0 aromatic carbocycles. The number of nitrogens with two attached hydrogens (primary N) is 1. The van der Waals surface area contributed by atoms with Gasteiger partial charge in [0.15, 0.2) is 0 Å². The van der Waals surface area contributed by atoms with Crippen molar-refractivity contribution in [2.45, 2.75) is 31.8 Å². The summed E-state index contributed by atoms with van der Waals surface area (Å²) < 4.78 is 35.1. The lowest BCUT2D eigenvalue weighted by molar-refractivity contribution is -0.0310. The van der Waals surface area contributed by atoms with Crippen LogP contribution in [0.25, 0.3) is 0 Å². The number of rotatable bonds is 4. The van der Waals surface area contributed by atoms with Crippen LogP contribution in [0.2, 0.25) is 0 Å². The van der Waals surface area contributed by atoms with Gasteiger partial charge in [-0.3, -0.25) is 4.57 Å². The number of nitrogen functional groups attached to an aromatic ring is 1. The molecule has 0 saturated carbocycles. The normalized spacial score (nSPS) is 26.8. The number of ether oxygens (including phenoxy) is 1. The molecular formula is C10H14FN3O5P+. The monoisotopic (exact) mass is 306 g/mol. The van der Waals surface area contributed by atoms with E-state index in [2.05, 4.69) is 9.51 Å². The summed E-state index contributed by atoms with van der Waals surface area (Å²) in [5, 5.41) is 0. The maximum absolute atomic E-state index is 13.7. The number of aromatic nitrogens is 2. The van der Waals surface area contributed by atoms with Crippen molar-refractivity contribution in [1.82, 2.24) is 9.55 Å². The molecule has 4 atom stereocenters. The molecule has 2 heterocycles. The zero-order valence-electron chi connectivity index (χ0n) is 10.6. The highest BCUT2D eigenvalue weighted by molar-refractivity contribution is 7.32. The van der Waals surface area contributed by atoms with Crippen LogP contribution in [0.5, 0.6) is 0 Å². The van der Waals surface area contributed by atoms with Crippen LogP contribution in [0.15, 0.2) is 11.0 Å². The van der Waals surface area contributed by atoms with Gasteiger partial charge in [0.1, 0.15) is 30.9 Å². The third-order valence-electron chi connectivity index (χ3n) is 3.00. The van der Waals surface area contributed by atoms with Crippen LogP contribution in [-0.4, -0.2) is 33.3 Å². The van der Waals surface area contributed by atoms with Crippen molar-refractivity contribution in [2.75, 3.05) is 12.3 Å². The van der Waals surface area contributed by atoms with Crippen molar-refractivity contribution < 1.29 is 23.1 Å². The van der Waals surface area contributed by atoms with E-state index in [1.807, 2.05) is 0 Å². The van der Waals surface area contributed by atoms with Gasteiger partial charge < -0.3 is 10.5 Å². The van der Waals surface area contributed by atoms with E-state index < -0.39 is 32.4 Å². The Hall–Kier alpha value is -1.41. The smallest absolute Gasteiger partial charge is 0.383 e. The second kappa shape index (κ2) is 5.92. The SMILES string of the molecule is Cc1cn([C@H]2C[C@H](F)[C@@H](CO[P+](=O)O)O2)c(=O)nc1N. The molecule has 0 spiro atoms. The molecule has 1 saturated heterocycles. The summed E-state index contributed by atoms with van der Waals surface area (Å²) in [6.07, 6.45) is -1.87. The molecule has 0 aliphatic carbocycles. The third-order valence-corrected chi connectivity index (χ3v) is 3.37. The number of nitrogens with zero attached hydrogens (tertiary/aromatic N) is 2. The number of hydrogen-bond acceptors (Lipinski definition) is 6. The summed E-state index contributed by atoms with van der Waals surface area (Å²) >= 11 is 0. The maximum Gasteiger partial charge on any atom is 0.694 e. The number of halogens is 1. The zero-order chi connectivity index (χ0) is 14.9. The predicted molar refractivity (Wildman–Crippen MR) is 66.8 cm³/mol. The molecule has 1 fully saturated rings. The molecule has 1 aromatic heterocycles. The van der Waals surface area contributed by atoms with Gasteiger partial charge in [0.25, 0.3) is 0 Å². The van der Waals surface area contributed by atoms with E-state index in [0.29, 0.717) is 5.56 Å². The van der Waals surface area contributed by atoms with E-state index in [-0.39, 0.29) is 18.8 Å². The van der Waals surface area contributed by atoms with Gasteiger partial charge in [0, 0.05) is 22.7 Å². The Morgan fingerprint density at radius 2 is 2.45 bits per heavy atom. The van der Waals surface area contributed by atoms with Crippen LogP contribution in [0.3, 0.4) is 0 Å². The number of anilines is 1. The Balaban J connectivity index is 2.14. The van der Waals surface area contributed by atoms with E-state index in [1.54, 1.807) is 6.92 Å². The van der Waals surface area contributed by atoms with Crippen molar-refractivity contribution in [2.24, 2.45) is 0 Å². The minimum Gasteiger partial charge on any atom is -0.383 e. The lowest BCUT2D eigenvalue weighted by Crippen LogP contribution is -2.28. The van der Waals surface area contributed by atoms with Gasteiger partial charge in [-0.25, -0.2) is 9.18 Å². The molecule has 110 valence electrons. The number of alkyl halides is 1. The summed E-state index contributed by atoms with van der Waals surface area (Å²) in [6.45, 7) is 1.30. The molecule has 0 bridgehead atoms. The number of hydrogen-bond donors (Lipinski definition) is 2. The molecule has 8 nitrogen and oxygen atoms in total. The van der Waals surface area contributed by atoms with Crippen molar-refractivity contribution in [3.63, 3.8) is 0 Å². The molecule has 0 amide bonds. The Bertz CT molecular complexity index is 581. The summed E-state index contributed by atoms with van der Waals surface area (Å²) in [5.74, 6) is 0.109. The summed E-state index contributed by atoms with van der Waals surface area (Å²) in [7, 11) is -2.81. The van der Waals surface area contributed by atoms with Gasteiger partial charge in [-0.05, 0) is 6.92 Å². The highest BCUT2D eigenvalue weighted by atomic mass is 31.1. The Labute approximate surface area is 114 Å². The Morgan fingerprint density at radius 1 is 1.75 bits per heavy atom. The Kier molecular flexibility index (Phi) is 4.44.